The molecule has 0 saturated heterocycles. The molecule has 29 heavy (non-hydrogen) atoms. The summed E-state index contributed by atoms with van der Waals surface area (Å²) >= 11 is 0. The lowest BCUT2D eigenvalue weighted by molar-refractivity contribution is -0.138. The van der Waals surface area contributed by atoms with Gasteiger partial charge in [-0.25, -0.2) is 4.39 Å². The van der Waals surface area contributed by atoms with E-state index < -0.39 is 5.97 Å². The molecule has 0 aliphatic carbocycles. The van der Waals surface area contributed by atoms with Gasteiger partial charge < -0.3 is 15.2 Å². The number of rotatable bonds is 9. The SMILES string of the molecule is O=C(O)CCC(=O)NCCc1c(OCc2ccccc2F)ccc2ccccc12. The van der Waals surface area contributed by atoms with Crippen LogP contribution in [0.25, 0.3) is 10.8 Å². The number of nitrogens with one attached hydrogen (secondary N) is 1. The fourth-order valence-corrected chi connectivity index (χ4v) is 3.12. The van der Waals surface area contributed by atoms with Crippen LogP contribution in [0.5, 0.6) is 5.75 Å². The number of hydrogen-bond acceptors (Lipinski definition) is 3. The normalized spacial score (nSPS) is 10.7. The molecule has 3 rings (SSSR count). The molecule has 3 aromatic carbocycles. The van der Waals surface area contributed by atoms with E-state index in [4.69, 9.17) is 9.84 Å². The second-order valence-electron chi connectivity index (χ2n) is 6.64. The topological polar surface area (TPSA) is 75.6 Å². The fraction of sp³-hybridized carbons (Fsp3) is 0.217. The Balaban J connectivity index is 1.74. The highest BCUT2D eigenvalue weighted by Gasteiger charge is 2.11. The molecule has 3 aromatic rings. The molecule has 0 fully saturated rings. The lowest BCUT2D eigenvalue weighted by atomic mass is 10.0. The number of hydrogen-bond donors (Lipinski definition) is 2. The first-order valence-corrected chi connectivity index (χ1v) is 9.40. The van der Waals surface area contributed by atoms with Gasteiger partial charge in [-0.3, -0.25) is 9.59 Å². The van der Waals surface area contributed by atoms with Gasteiger partial charge in [0.2, 0.25) is 5.91 Å². The molecular formula is C23H22FNO4. The Bertz CT molecular complexity index is 1020. The van der Waals surface area contributed by atoms with E-state index in [0.717, 1.165) is 16.3 Å². The molecular weight excluding hydrogens is 373 g/mol. The standard InChI is InChI=1S/C23H22FNO4/c24-20-8-4-2-6-17(20)15-29-21-10-9-16-5-1-3-7-18(16)19(21)13-14-25-22(26)11-12-23(27)28/h1-10H,11-15H2,(H,25,26)(H,27,28). The number of benzene rings is 3. The van der Waals surface area contributed by atoms with Gasteiger partial charge in [-0.1, -0.05) is 48.5 Å². The van der Waals surface area contributed by atoms with Gasteiger partial charge in [0.05, 0.1) is 6.42 Å². The van der Waals surface area contributed by atoms with Crippen molar-refractivity contribution in [2.75, 3.05) is 6.54 Å². The molecule has 0 aliphatic rings. The quantitative estimate of drug-likeness (QED) is 0.572. The monoisotopic (exact) mass is 395 g/mol. The summed E-state index contributed by atoms with van der Waals surface area (Å²) in [7, 11) is 0. The predicted molar refractivity (Wildman–Crippen MR) is 108 cm³/mol. The van der Waals surface area contributed by atoms with Crippen molar-refractivity contribution >= 4 is 22.6 Å². The fourth-order valence-electron chi connectivity index (χ4n) is 3.12. The highest BCUT2D eigenvalue weighted by molar-refractivity contribution is 5.88. The van der Waals surface area contributed by atoms with E-state index in [1.807, 2.05) is 36.4 Å². The van der Waals surface area contributed by atoms with Crippen LogP contribution in [0.3, 0.4) is 0 Å². The van der Waals surface area contributed by atoms with Crippen molar-refractivity contribution in [1.29, 1.82) is 0 Å². The number of fused-ring (bicyclic) bond motifs is 1. The molecule has 0 aromatic heterocycles. The van der Waals surface area contributed by atoms with Crippen LogP contribution < -0.4 is 10.1 Å². The third kappa shape index (κ3) is 5.54. The van der Waals surface area contributed by atoms with E-state index >= 15 is 0 Å². The highest BCUT2D eigenvalue weighted by atomic mass is 19.1. The van der Waals surface area contributed by atoms with E-state index in [2.05, 4.69) is 5.32 Å². The summed E-state index contributed by atoms with van der Waals surface area (Å²) < 4.78 is 19.8. The number of ether oxygens (including phenoxy) is 1. The van der Waals surface area contributed by atoms with Crippen LogP contribution >= 0.6 is 0 Å². The van der Waals surface area contributed by atoms with E-state index in [9.17, 15) is 14.0 Å². The van der Waals surface area contributed by atoms with Crippen LogP contribution in [0.1, 0.15) is 24.0 Å². The smallest absolute Gasteiger partial charge is 0.303 e. The molecule has 0 unspecified atom stereocenters. The van der Waals surface area contributed by atoms with Crippen molar-refractivity contribution < 1.29 is 23.8 Å². The largest absolute Gasteiger partial charge is 0.488 e. The Hall–Kier alpha value is -3.41. The molecule has 0 radical (unpaired) electrons. The number of halogens is 1. The molecule has 2 N–H and O–H groups in total. The third-order valence-corrected chi connectivity index (χ3v) is 4.60. The summed E-state index contributed by atoms with van der Waals surface area (Å²) in [5.74, 6) is -0.994. The van der Waals surface area contributed by atoms with Crippen molar-refractivity contribution in [3.63, 3.8) is 0 Å². The zero-order valence-electron chi connectivity index (χ0n) is 15.9. The molecule has 5 nitrogen and oxygen atoms in total. The first kappa shape index (κ1) is 20.3. The van der Waals surface area contributed by atoms with Crippen molar-refractivity contribution in [3.8, 4) is 5.75 Å². The van der Waals surface area contributed by atoms with E-state index in [-0.39, 0.29) is 31.2 Å². The summed E-state index contributed by atoms with van der Waals surface area (Å²) in [5, 5.41) is 13.5. The lowest BCUT2D eigenvalue weighted by Crippen LogP contribution is -2.26. The van der Waals surface area contributed by atoms with Crippen molar-refractivity contribution in [2.24, 2.45) is 0 Å². The number of carbonyl (C=O) groups excluding carboxylic acids is 1. The zero-order chi connectivity index (χ0) is 20.6. The molecule has 0 spiro atoms. The highest BCUT2D eigenvalue weighted by Crippen LogP contribution is 2.29. The minimum atomic E-state index is -1.00. The van der Waals surface area contributed by atoms with Gasteiger partial charge in [0.25, 0.3) is 0 Å². The average Bonchev–Trinajstić information content (AvgIpc) is 2.72. The molecule has 6 heteroatoms. The Kier molecular flexibility index (Phi) is 6.79. The summed E-state index contributed by atoms with van der Waals surface area (Å²) in [6.07, 6.45) is 0.255. The molecule has 0 heterocycles. The minimum absolute atomic E-state index is 0.0541. The van der Waals surface area contributed by atoms with Crippen LogP contribution in [-0.4, -0.2) is 23.5 Å². The molecule has 0 atom stereocenters. The molecule has 150 valence electrons. The maximum atomic E-state index is 13.9. The van der Waals surface area contributed by atoms with E-state index in [1.165, 1.54) is 6.07 Å². The average molecular weight is 395 g/mol. The number of amides is 1. The summed E-state index contributed by atoms with van der Waals surface area (Å²) in [6, 6.07) is 18.1. The van der Waals surface area contributed by atoms with Crippen molar-refractivity contribution in [2.45, 2.75) is 25.9 Å². The van der Waals surface area contributed by atoms with Gasteiger partial charge in [-0.15, -0.1) is 0 Å². The maximum absolute atomic E-state index is 13.9. The second-order valence-corrected chi connectivity index (χ2v) is 6.64. The zero-order valence-corrected chi connectivity index (χ0v) is 15.9. The lowest BCUT2D eigenvalue weighted by Gasteiger charge is -2.15. The number of carbonyl (C=O) groups is 2. The molecule has 0 saturated carbocycles. The number of carboxylic acids is 1. The van der Waals surface area contributed by atoms with Gasteiger partial charge >= 0.3 is 5.97 Å². The molecule has 0 bridgehead atoms. The van der Waals surface area contributed by atoms with Crippen LogP contribution in [0.2, 0.25) is 0 Å². The van der Waals surface area contributed by atoms with Crippen LogP contribution in [-0.2, 0) is 22.6 Å². The Morgan fingerprint density at radius 2 is 1.72 bits per heavy atom. The molecule has 0 aliphatic heterocycles. The summed E-state index contributed by atoms with van der Waals surface area (Å²) in [4.78, 5) is 22.4. The summed E-state index contributed by atoms with van der Waals surface area (Å²) in [6.45, 7) is 0.450. The van der Waals surface area contributed by atoms with Gasteiger partial charge in [0.15, 0.2) is 0 Å². The van der Waals surface area contributed by atoms with E-state index in [1.54, 1.807) is 18.2 Å². The van der Waals surface area contributed by atoms with Crippen LogP contribution in [0.4, 0.5) is 4.39 Å². The Labute approximate surface area is 168 Å². The maximum Gasteiger partial charge on any atom is 0.303 e. The third-order valence-electron chi connectivity index (χ3n) is 4.60. The first-order valence-electron chi connectivity index (χ1n) is 9.40. The second kappa shape index (κ2) is 9.68. The number of aliphatic carboxylic acids is 1. The molecule has 1 amide bonds. The summed E-state index contributed by atoms with van der Waals surface area (Å²) in [5.41, 5.74) is 1.38. The minimum Gasteiger partial charge on any atom is -0.488 e. The van der Waals surface area contributed by atoms with Crippen LogP contribution in [0.15, 0.2) is 60.7 Å². The van der Waals surface area contributed by atoms with E-state index in [0.29, 0.717) is 24.3 Å². The van der Waals surface area contributed by atoms with Gasteiger partial charge in [-0.2, -0.15) is 0 Å². The predicted octanol–water partition coefficient (Wildman–Crippen LogP) is 4.08. The van der Waals surface area contributed by atoms with Crippen molar-refractivity contribution in [3.05, 3.63) is 77.6 Å². The van der Waals surface area contributed by atoms with Crippen LogP contribution in [0, 0.1) is 5.82 Å². The Morgan fingerprint density at radius 1 is 0.966 bits per heavy atom. The van der Waals surface area contributed by atoms with Crippen molar-refractivity contribution in [1.82, 2.24) is 5.32 Å². The number of carboxylic acid groups (broad SMARTS) is 1. The van der Waals surface area contributed by atoms with Gasteiger partial charge in [0, 0.05) is 24.1 Å². The van der Waals surface area contributed by atoms with Gasteiger partial charge in [0.1, 0.15) is 18.2 Å². The first-order chi connectivity index (χ1) is 14.0. The van der Waals surface area contributed by atoms with Gasteiger partial charge in [-0.05, 0) is 29.3 Å². The Morgan fingerprint density at radius 3 is 2.52 bits per heavy atom.